The number of para-hydroxylation sites is 2. The van der Waals surface area contributed by atoms with Crippen molar-refractivity contribution in [3.05, 3.63) is 98.8 Å². The first-order valence-corrected chi connectivity index (χ1v) is 12.1. The molecule has 0 saturated carbocycles. The summed E-state index contributed by atoms with van der Waals surface area (Å²) in [6.07, 6.45) is 0.391. The van der Waals surface area contributed by atoms with E-state index in [4.69, 9.17) is 9.47 Å². The monoisotopic (exact) mass is 483 g/mol. The number of rotatable bonds is 6. The van der Waals surface area contributed by atoms with Gasteiger partial charge in [-0.25, -0.2) is 9.36 Å². The summed E-state index contributed by atoms with van der Waals surface area (Å²) in [4.78, 5) is 27.0. The average molecular weight is 484 g/mol. The van der Waals surface area contributed by atoms with Crippen molar-refractivity contribution in [2.45, 2.75) is 40.7 Å². The number of carbonyl (C=O) groups excluding carboxylic acids is 1. The minimum Gasteiger partial charge on any atom is -0.490 e. The smallest absolute Gasteiger partial charge is 0.278 e. The largest absolute Gasteiger partial charge is 0.490 e. The minimum atomic E-state index is -0.250. The fourth-order valence-electron chi connectivity index (χ4n) is 4.87. The Hall–Kier alpha value is -4.26. The molecule has 184 valence electrons. The van der Waals surface area contributed by atoms with Gasteiger partial charge >= 0.3 is 0 Å². The molecule has 1 aliphatic heterocycles. The number of fused-ring (bicyclic) bond motifs is 2. The zero-order valence-electron chi connectivity index (χ0n) is 20.9. The number of nitrogens with one attached hydrogen (secondary N) is 1. The molecule has 0 saturated heterocycles. The topological polar surface area (TPSA) is 74.5 Å². The van der Waals surface area contributed by atoms with Crippen molar-refractivity contribution in [1.29, 1.82) is 0 Å². The molecule has 7 nitrogen and oxygen atoms in total. The van der Waals surface area contributed by atoms with E-state index in [1.165, 1.54) is 4.68 Å². The summed E-state index contributed by atoms with van der Waals surface area (Å²) in [5.74, 6) is 1.30. The number of nitrogens with zero attached hydrogens (tertiary/aromatic N) is 2. The number of benzene rings is 3. The van der Waals surface area contributed by atoms with Crippen molar-refractivity contribution in [2.75, 3.05) is 11.9 Å². The van der Waals surface area contributed by atoms with Crippen molar-refractivity contribution >= 4 is 11.6 Å². The average Bonchev–Trinajstić information content (AvgIpc) is 3.11. The minimum absolute atomic E-state index is 0.0988. The van der Waals surface area contributed by atoms with Gasteiger partial charge in [-0.05, 0) is 57.0 Å². The van der Waals surface area contributed by atoms with Gasteiger partial charge in [0.2, 0.25) is 11.8 Å². The maximum Gasteiger partial charge on any atom is 0.278 e. The first-order valence-electron chi connectivity index (χ1n) is 12.1. The number of carbonyl (C=O) groups is 1. The number of hydrogen-bond donors (Lipinski definition) is 1. The van der Waals surface area contributed by atoms with Crippen LogP contribution in [0.15, 0.2) is 65.5 Å². The molecule has 4 aromatic rings. The molecule has 2 heterocycles. The number of aromatic nitrogens is 2. The molecule has 0 atom stereocenters. The lowest BCUT2D eigenvalue weighted by atomic mass is 10.0. The number of anilines is 1. The van der Waals surface area contributed by atoms with E-state index < -0.39 is 0 Å². The van der Waals surface area contributed by atoms with Gasteiger partial charge in [-0.2, -0.15) is 0 Å². The maximum atomic E-state index is 13.6. The molecule has 0 radical (unpaired) electrons. The van der Waals surface area contributed by atoms with Crippen LogP contribution in [0.4, 0.5) is 5.69 Å². The third-order valence-electron chi connectivity index (χ3n) is 6.35. The van der Waals surface area contributed by atoms with E-state index in [0.717, 1.165) is 27.9 Å². The standard InChI is InChI=1S/C29H29N3O4/c1-5-35-24-13-9-10-21-16-23-28(34)32(22-11-7-6-8-12-22)31(29(23)36-27(21)24)17-25(33)30-26-19(3)14-18(2)15-20(26)4/h6-15H,5,16-17H2,1-4H3,(H,30,33). The van der Waals surface area contributed by atoms with Crippen LogP contribution >= 0.6 is 0 Å². The fourth-order valence-corrected chi connectivity index (χ4v) is 4.87. The Morgan fingerprint density at radius 3 is 2.44 bits per heavy atom. The van der Waals surface area contributed by atoms with Gasteiger partial charge in [0, 0.05) is 17.7 Å². The molecule has 0 bridgehead atoms. The van der Waals surface area contributed by atoms with E-state index in [2.05, 4.69) is 5.32 Å². The lowest BCUT2D eigenvalue weighted by Gasteiger charge is -2.22. The van der Waals surface area contributed by atoms with E-state index in [0.29, 0.717) is 41.7 Å². The molecular formula is C29H29N3O4. The zero-order chi connectivity index (χ0) is 25.4. The van der Waals surface area contributed by atoms with E-state index in [1.807, 2.05) is 88.4 Å². The molecule has 36 heavy (non-hydrogen) atoms. The predicted molar refractivity (Wildman–Crippen MR) is 140 cm³/mol. The van der Waals surface area contributed by atoms with Crippen LogP contribution in [-0.4, -0.2) is 21.9 Å². The van der Waals surface area contributed by atoms with E-state index in [9.17, 15) is 9.59 Å². The van der Waals surface area contributed by atoms with Gasteiger partial charge in [-0.3, -0.25) is 9.59 Å². The summed E-state index contributed by atoms with van der Waals surface area (Å²) < 4.78 is 15.2. The van der Waals surface area contributed by atoms with Crippen LogP contribution in [0.25, 0.3) is 5.69 Å². The highest BCUT2D eigenvalue weighted by molar-refractivity contribution is 5.92. The second kappa shape index (κ2) is 9.41. The van der Waals surface area contributed by atoms with Gasteiger partial charge in [0.25, 0.3) is 5.56 Å². The normalized spacial score (nSPS) is 11.9. The molecule has 1 amide bonds. The molecule has 0 spiro atoms. The number of hydrogen-bond acceptors (Lipinski definition) is 4. The van der Waals surface area contributed by atoms with E-state index in [-0.39, 0.29) is 18.0 Å². The summed E-state index contributed by atoms with van der Waals surface area (Å²) in [7, 11) is 0. The van der Waals surface area contributed by atoms with Crippen LogP contribution < -0.4 is 20.3 Å². The van der Waals surface area contributed by atoms with Crippen molar-refractivity contribution in [1.82, 2.24) is 9.36 Å². The molecule has 1 aliphatic rings. The highest BCUT2D eigenvalue weighted by atomic mass is 16.5. The third kappa shape index (κ3) is 4.17. The number of amides is 1. The molecule has 7 heteroatoms. The molecular weight excluding hydrogens is 454 g/mol. The Morgan fingerprint density at radius 2 is 1.75 bits per heavy atom. The first kappa shape index (κ1) is 23.5. The Bertz CT molecular complexity index is 1490. The van der Waals surface area contributed by atoms with Gasteiger partial charge in [0.1, 0.15) is 6.54 Å². The lowest BCUT2D eigenvalue weighted by molar-refractivity contribution is -0.117. The van der Waals surface area contributed by atoms with Crippen molar-refractivity contribution in [3.8, 4) is 23.1 Å². The van der Waals surface area contributed by atoms with Gasteiger partial charge in [0.15, 0.2) is 11.5 Å². The van der Waals surface area contributed by atoms with Gasteiger partial charge in [-0.1, -0.05) is 48.0 Å². The second-order valence-electron chi connectivity index (χ2n) is 9.07. The van der Waals surface area contributed by atoms with Crippen molar-refractivity contribution < 1.29 is 14.3 Å². The number of ether oxygens (including phenoxy) is 2. The second-order valence-corrected chi connectivity index (χ2v) is 9.07. The number of aryl methyl sites for hydroxylation is 3. The Kier molecular flexibility index (Phi) is 6.14. The Morgan fingerprint density at radius 1 is 1.03 bits per heavy atom. The third-order valence-corrected chi connectivity index (χ3v) is 6.35. The van der Waals surface area contributed by atoms with E-state index >= 15 is 0 Å². The van der Waals surface area contributed by atoms with Crippen LogP contribution in [0.2, 0.25) is 0 Å². The summed E-state index contributed by atoms with van der Waals surface area (Å²) in [6, 6.07) is 19.0. The summed E-state index contributed by atoms with van der Waals surface area (Å²) in [5.41, 5.74) is 5.73. The highest BCUT2D eigenvalue weighted by Gasteiger charge is 2.31. The fraction of sp³-hybridized carbons (Fsp3) is 0.241. The molecule has 1 N–H and O–H groups in total. The molecule has 3 aromatic carbocycles. The highest BCUT2D eigenvalue weighted by Crippen LogP contribution is 2.42. The Labute approximate surface area is 209 Å². The van der Waals surface area contributed by atoms with Crippen LogP contribution in [0, 0.1) is 20.8 Å². The summed E-state index contributed by atoms with van der Waals surface area (Å²) in [5, 5.41) is 3.04. The molecule has 0 fully saturated rings. The van der Waals surface area contributed by atoms with Gasteiger partial charge < -0.3 is 14.8 Å². The quantitative estimate of drug-likeness (QED) is 0.356. The van der Waals surface area contributed by atoms with Crippen molar-refractivity contribution in [2.24, 2.45) is 0 Å². The molecule has 0 unspecified atom stereocenters. The van der Waals surface area contributed by atoms with Gasteiger partial charge in [0.05, 0.1) is 17.9 Å². The van der Waals surface area contributed by atoms with Gasteiger partial charge in [-0.15, -0.1) is 0 Å². The summed E-state index contributed by atoms with van der Waals surface area (Å²) in [6.45, 7) is 8.28. The lowest BCUT2D eigenvalue weighted by Crippen LogP contribution is -2.27. The van der Waals surface area contributed by atoms with Crippen LogP contribution in [-0.2, 0) is 17.8 Å². The SMILES string of the molecule is CCOc1cccc2c1Oc1c(c(=O)n(-c3ccccc3)n1CC(=O)Nc1c(C)cc(C)cc1C)C2. The predicted octanol–water partition coefficient (Wildman–Crippen LogP) is 5.30. The van der Waals surface area contributed by atoms with Crippen LogP contribution in [0.3, 0.4) is 0 Å². The van der Waals surface area contributed by atoms with Crippen LogP contribution in [0.5, 0.6) is 17.4 Å². The molecule has 5 rings (SSSR count). The summed E-state index contributed by atoms with van der Waals surface area (Å²) >= 11 is 0. The molecule has 1 aromatic heterocycles. The van der Waals surface area contributed by atoms with Crippen LogP contribution in [0.1, 0.15) is 34.7 Å². The maximum absolute atomic E-state index is 13.6. The first-order chi connectivity index (χ1) is 17.4. The van der Waals surface area contributed by atoms with E-state index in [1.54, 1.807) is 4.68 Å². The van der Waals surface area contributed by atoms with Crippen molar-refractivity contribution in [3.63, 3.8) is 0 Å². The molecule has 0 aliphatic carbocycles. The zero-order valence-corrected chi connectivity index (χ0v) is 20.9. The Balaban J connectivity index is 1.59.